The van der Waals surface area contributed by atoms with Crippen molar-refractivity contribution in [3.05, 3.63) is 29.0 Å². The molecule has 1 N–H and O–H groups in total. The van der Waals surface area contributed by atoms with Gasteiger partial charge in [-0.2, -0.15) is 0 Å². The van der Waals surface area contributed by atoms with Crippen LogP contribution in [0.2, 0.25) is 5.02 Å². The lowest BCUT2D eigenvalue weighted by Crippen LogP contribution is -2.08. The van der Waals surface area contributed by atoms with Gasteiger partial charge in [0.2, 0.25) is 0 Å². The Bertz CT molecular complexity index is 517. The number of aromatic nitrogens is 2. The molecule has 0 aliphatic rings. The average Bonchev–Trinajstić information content (AvgIpc) is 2.55. The van der Waals surface area contributed by atoms with E-state index in [9.17, 15) is 5.11 Å². The van der Waals surface area contributed by atoms with Crippen molar-refractivity contribution in [1.29, 1.82) is 0 Å². The summed E-state index contributed by atoms with van der Waals surface area (Å²) in [4.78, 5) is 4.43. The van der Waals surface area contributed by atoms with Crippen molar-refractivity contribution in [2.24, 2.45) is 0 Å². The SMILES string of the molecule is CC(C)n1c([C@@H](C)O)nc2ccc(Cl)cc21. The van der Waals surface area contributed by atoms with E-state index in [2.05, 4.69) is 18.8 Å². The Morgan fingerprint density at radius 3 is 2.56 bits per heavy atom. The maximum atomic E-state index is 9.71. The first-order chi connectivity index (χ1) is 7.50. The van der Waals surface area contributed by atoms with Crippen LogP contribution in [0.25, 0.3) is 11.0 Å². The first-order valence-electron chi connectivity index (χ1n) is 5.36. The predicted octanol–water partition coefficient (Wildman–Crippen LogP) is 3.32. The van der Waals surface area contributed by atoms with E-state index in [0.29, 0.717) is 10.8 Å². The number of aliphatic hydroxyl groups is 1. The van der Waals surface area contributed by atoms with Crippen LogP contribution in [0.4, 0.5) is 0 Å². The van der Waals surface area contributed by atoms with Crippen LogP contribution in [0.3, 0.4) is 0 Å². The third kappa shape index (κ3) is 1.81. The minimum atomic E-state index is -0.575. The summed E-state index contributed by atoms with van der Waals surface area (Å²) in [5.41, 5.74) is 1.84. The summed E-state index contributed by atoms with van der Waals surface area (Å²) in [7, 11) is 0. The Balaban J connectivity index is 2.77. The van der Waals surface area contributed by atoms with E-state index in [1.165, 1.54) is 0 Å². The molecule has 0 amide bonds. The van der Waals surface area contributed by atoms with Gasteiger partial charge in [-0.25, -0.2) is 4.98 Å². The number of halogens is 1. The highest BCUT2D eigenvalue weighted by atomic mass is 35.5. The van der Waals surface area contributed by atoms with Gasteiger partial charge in [0, 0.05) is 11.1 Å². The molecule has 0 saturated carbocycles. The highest BCUT2D eigenvalue weighted by Gasteiger charge is 2.16. The van der Waals surface area contributed by atoms with E-state index >= 15 is 0 Å². The number of aliphatic hydroxyl groups excluding tert-OH is 1. The summed E-state index contributed by atoms with van der Waals surface area (Å²) in [5, 5.41) is 10.4. The van der Waals surface area contributed by atoms with Gasteiger partial charge >= 0.3 is 0 Å². The smallest absolute Gasteiger partial charge is 0.138 e. The van der Waals surface area contributed by atoms with Gasteiger partial charge in [-0.05, 0) is 39.0 Å². The third-order valence-corrected chi connectivity index (χ3v) is 2.80. The molecule has 1 aromatic carbocycles. The van der Waals surface area contributed by atoms with Gasteiger partial charge in [0.05, 0.1) is 11.0 Å². The van der Waals surface area contributed by atoms with Gasteiger partial charge in [0.25, 0.3) is 0 Å². The molecule has 2 aromatic rings. The second-order valence-corrected chi connectivity index (χ2v) is 4.68. The summed E-state index contributed by atoms with van der Waals surface area (Å²) in [6.07, 6.45) is -0.575. The summed E-state index contributed by atoms with van der Waals surface area (Å²) < 4.78 is 2.02. The van der Waals surface area contributed by atoms with Crippen LogP contribution in [0.15, 0.2) is 18.2 Å². The molecule has 0 radical (unpaired) electrons. The van der Waals surface area contributed by atoms with Crippen LogP contribution in [-0.4, -0.2) is 14.7 Å². The minimum absolute atomic E-state index is 0.244. The molecule has 0 saturated heterocycles. The van der Waals surface area contributed by atoms with Crippen molar-refractivity contribution >= 4 is 22.6 Å². The third-order valence-electron chi connectivity index (χ3n) is 2.57. The van der Waals surface area contributed by atoms with Crippen molar-refractivity contribution in [3.63, 3.8) is 0 Å². The molecule has 3 nitrogen and oxygen atoms in total. The Morgan fingerprint density at radius 1 is 1.31 bits per heavy atom. The number of nitrogens with zero attached hydrogens (tertiary/aromatic N) is 2. The lowest BCUT2D eigenvalue weighted by Gasteiger charge is -2.14. The normalized spacial score (nSPS) is 13.6. The highest BCUT2D eigenvalue weighted by Crippen LogP contribution is 2.26. The summed E-state index contributed by atoms with van der Waals surface area (Å²) >= 11 is 5.98. The quantitative estimate of drug-likeness (QED) is 0.872. The second kappa shape index (κ2) is 4.07. The fourth-order valence-corrected chi connectivity index (χ4v) is 2.09. The molecule has 0 fully saturated rings. The van der Waals surface area contributed by atoms with Crippen LogP contribution in [0.5, 0.6) is 0 Å². The van der Waals surface area contributed by atoms with Crippen molar-refractivity contribution in [2.45, 2.75) is 32.9 Å². The van der Waals surface area contributed by atoms with Crippen LogP contribution in [-0.2, 0) is 0 Å². The standard InChI is InChI=1S/C12H15ClN2O/c1-7(2)15-11-6-9(13)4-5-10(11)14-12(15)8(3)16/h4-8,16H,1-3H3/t8-/m1/s1. The fraction of sp³-hybridized carbons (Fsp3) is 0.417. The highest BCUT2D eigenvalue weighted by molar-refractivity contribution is 6.31. The predicted molar refractivity (Wildman–Crippen MR) is 65.8 cm³/mol. The summed E-state index contributed by atoms with van der Waals surface area (Å²) in [6.45, 7) is 5.85. The second-order valence-electron chi connectivity index (χ2n) is 4.24. The molecular formula is C12H15ClN2O. The zero-order chi connectivity index (χ0) is 11.9. The van der Waals surface area contributed by atoms with Crippen molar-refractivity contribution in [1.82, 2.24) is 9.55 Å². The molecule has 86 valence electrons. The summed E-state index contributed by atoms with van der Waals surface area (Å²) in [6, 6.07) is 5.82. The number of benzene rings is 1. The molecule has 0 unspecified atom stereocenters. The molecule has 2 rings (SSSR count). The lowest BCUT2D eigenvalue weighted by molar-refractivity contribution is 0.182. The molecular weight excluding hydrogens is 224 g/mol. The van der Waals surface area contributed by atoms with Crippen LogP contribution in [0, 0.1) is 0 Å². The van der Waals surface area contributed by atoms with Crippen molar-refractivity contribution < 1.29 is 5.11 Å². The molecule has 0 aliphatic heterocycles. The van der Waals surface area contributed by atoms with Crippen LogP contribution < -0.4 is 0 Å². The van der Waals surface area contributed by atoms with Gasteiger partial charge in [0.1, 0.15) is 11.9 Å². The molecule has 0 spiro atoms. The first-order valence-corrected chi connectivity index (χ1v) is 5.74. The monoisotopic (exact) mass is 238 g/mol. The number of rotatable bonds is 2. The van der Waals surface area contributed by atoms with E-state index in [4.69, 9.17) is 11.6 Å². The molecule has 16 heavy (non-hydrogen) atoms. The molecule has 0 aliphatic carbocycles. The molecule has 1 aromatic heterocycles. The maximum Gasteiger partial charge on any atom is 0.138 e. The molecule has 4 heteroatoms. The average molecular weight is 239 g/mol. The topological polar surface area (TPSA) is 38.0 Å². The van der Waals surface area contributed by atoms with Crippen molar-refractivity contribution in [3.8, 4) is 0 Å². The zero-order valence-corrected chi connectivity index (χ0v) is 10.4. The first kappa shape index (κ1) is 11.4. The van der Waals surface area contributed by atoms with E-state index in [0.717, 1.165) is 11.0 Å². The number of hydrogen-bond donors (Lipinski definition) is 1. The van der Waals surface area contributed by atoms with Crippen molar-refractivity contribution in [2.75, 3.05) is 0 Å². The van der Waals surface area contributed by atoms with Gasteiger partial charge < -0.3 is 9.67 Å². The van der Waals surface area contributed by atoms with Gasteiger partial charge in [0.15, 0.2) is 0 Å². The fourth-order valence-electron chi connectivity index (χ4n) is 1.92. The largest absolute Gasteiger partial charge is 0.385 e. The minimum Gasteiger partial charge on any atom is -0.385 e. The van der Waals surface area contributed by atoms with Gasteiger partial charge in [-0.3, -0.25) is 0 Å². The van der Waals surface area contributed by atoms with E-state index in [1.807, 2.05) is 22.8 Å². The van der Waals surface area contributed by atoms with E-state index in [-0.39, 0.29) is 6.04 Å². The van der Waals surface area contributed by atoms with Gasteiger partial charge in [-0.15, -0.1) is 0 Å². The Labute approximate surface area is 99.7 Å². The Hall–Kier alpha value is -1.06. The number of imidazole rings is 1. The van der Waals surface area contributed by atoms with Gasteiger partial charge in [-0.1, -0.05) is 11.6 Å². The number of hydrogen-bond acceptors (Lipinski definition) is 2. The van der Waals surface area contributed by atoms with E-state index in [1.54, 1.807) is 6.92 Å². The van der Waals surface area contributed by atoms with E-state index < -0.39 is 6.10 Å². The molecule has 1 heterocycles. The lowest BCUT2D eigenvalue weighted by atomic mass is 10.3. The maximum absolute atomic E-state index is 9.71. The molecule has 1 atom stereocenters. The number of fused-ring (bicyclic) bond motifs is 1. The summed E-state index contributed by atoms with van der Waals surface area (Å²) in [5.74, 6) is 0.687. The zero-order valence-electron chi connectivity index (χ0n) is 9.61. The Morgan fingerprint density at radius 2 is 2.00 bits per heavy atom. The van der Waals surface area contributed by atoms with Crippen LogP contribution in [0.1, 0.15) is 38.7 Å². The Kier molecular flexibility index (Phi) is 2.91. The van der Waals surface area contributed by atoms with Crippen LogP contribution >= 0.6 is 11.6 Å². The molecule has 0 bridgehead atoms.